The molecule has 0 spiro atoms. The zero-order valence-corrected chi connectivity index (χ0v) is 77.4. The van der Waals surface area contributed by atoms with Gasteiger partial charge in [0, 0.05) is 136 Å². The van der Waals surface area contributed by atoms with Gasteiger partial charge in [0.1, 0.15) is 16.7 Å². The predicted octanol–water partition coefficient (Wildman–Crippen LogP) is 36.1. The highest BCUT2D eigenvalue weighted by Crippen LogP contribution is 2.53. The van der Waals surface area contributed by atoms with Crippen LogP contribution in [0.4, 0.5) is 0 Å². The Balaban J connectivity index is 0.0000001000. The Morgan fingerprint density at radius 3 is 0.894 bits per heavy atom. The number of para-hydroxylation sites is 9. The Labute approximate surface area is 813 Å². The van der Waals surface area contributed by atoms with E-state index in [2.05, 4.69) is 502 Å². The predicted molar refractivity (Wildman–Crippen MR) is 593 cm³/mol. The van der Waals surface area contributed by atoms with Crippen LogP contribution in [0.1, 0.15) is 25.0 Å². The topological polar surface area (TPSA) is 69.0 Å². The minimum absolute atomic E-state index is 0.109. The average molecular weight is 1810 g/mol. The summed E-state index contributed by atoms with van der Waals surface area (Å²) in [7, 11) is 0. The molecule has 9 aromatic heterocycles. The van der Waals surface area contributed by atoms with Crippen LogP contribution in [0.2, 0.25) is 0 Å². The molecule has 31 aromatic rings. The first-order chi connectivity index (χ1) is 70.2. The molecule has 0 saturated carbocycles. The van der Waals surface area contributed by atoms with Crippen molar-refractivity contribution in [3.63, 3.8) is 0 Å². The second kappa shape index (κ2) is 30.7. The zero-order valence-electron chi connectivity index (χ0n) is 77.4. The average Bonchev–Trinajstić information content (AvgIpc) is 1.55. The van der Waals surface area contributed by atoms with Gasteiger partial charge in [-0.05, 0) is 225 Å². The molecule has 664 valence electrons. The molecule has 0 bridgehead atoms. The van der Waals surface area contributed by atoms with E-state index < -0.39 is 0 Å². The number of nitrogens with zero attached hydrogens (tertiary/aromatic N) is 6. The van der Waals surface area contributed by atoms with E-state index >= 15 is 0 Å². The molecule has 1 aliphatic rings. The molecular weight excluding hydrogens is 1730 g/mol. The van der Waals surface area contributed by atoms with Crippen LogP contribution in [0.3, 0.4) is 0 Å². The monoisotopic (exact) mass is 1810 g/mol. The number of furan rings is 3. The van der Waals surface area contributed by atoms with Crippen LogP contribution < -0.4 is 0 Å². The summed E-state index contributed by atoms with van der Waals surface area (Å²) in [5, 5.41) is 23.9. The number of fused-ring (bicyclic) bond motifs is 34. The minimum atomic E-state index is -0.109. The van der Waals surface area contributed by atoms with Gasteiger partial charge in [0.15, 0.2) is 16.7 Å². The van der Waals surface area contributed by atoms with Gasteiger partial charge in [-0.1, -0.05) is 317 Å². The Kier molecular flexibility index (Phi) is 17.2. The maximum atomic E-state index is 6.80. The molecule has 9 heteroatoms. The molecule has 0 fully saturated rings. The van der Waals surface area contributed by atoms with E-state index in [0.29, 0.717) is 0 Å². The van der Waals surface area contributed by atoms with Gasteiger partial charge in [0.2, 0.25) is 0 Å². The lowest BCUT2D eigenvalue weighted by atomic mass is 9.82. The molecule has 0 unspecified atom stereocenters. The fourth-order valence-corrected chi connectivity index (χ4v) is 24.1. The van der Waals surface area contributed by atoms with E-state index in [-0.39, 0.29) is 5.41 Å². The van der Waals surface area contributed by atoms with Crippen LogP contribution >= 0.6 is 0 Å². The molecule has 0 N–H and O–H groups in total. The summed E-state index contributed by atoms with van der Waals surface area (Å²) < 4.78 is 34.7. The second-order valence-electron chi connectivity index (χ2n) is 38.5. The van der Waals surface area contributed by atoms with Crippen LogP contribution in [0.5, 0.6) is 0 Å². The van der Waals surface area contributed by atoms with Crippen molar-refractivity contribution in [1.29, 1.82) is 0 Å². The SMILES string of the molecule is CC1(C)c2ccccc2-c2ccc(-n3c4cc5c(cc4c4ccc6c7ccccc7oc6c43)c3ccccc3n5-c3ccccc3)cc21.c1ccc(-c2cc(-c3ccccc3)cc(-n3c4cc5c(cc4c4ccc6c7ccccc7oc6c43)c3ccccc3n5-c3ccccc3)c2)cc1.c1ccc(-n2c3ccccc3c3cc4c5ccc6c7ccccc7oc6c5n(-c5ccc6ccccc6c5)c4cc32)cc1. The Morgan fingerprint density at radius 2 is 0.472 bits per heavy atom. The number of aromatic nitrogens is 6. The summed E-state index contributed by atoms with van der Waals surface area (Å²) in [6, 6.07) is 171. The quantitative estimate of drug-likeness (QED) is 0.152. The summed E-state index contributed by atoms with van der Waals surface area (Å²) in [5.41, 5.74) is 36.1. The van der Waals surface area contributed by atoms with Gasteiger partial charge in [0.05, 0.1) is 66.2 Å². The fraction of sp³-hybridized carbons (Fsp3) is 0.0226. The molecule has 9 heterocycles. The van der Waals surface area contributed by atoms with Crippen molar-refractivity contribution in [2.24, 2.45) is 0 Å². The summed E-state index contributed by atoms with van der Waals surface area (Å²) in [6.45, 7) is 4.71. The molecule has 9 nitrogen and oxygen atoms in total. The molecule has 142 heavy (non-hydrogen) atoms. The van der Waals surface area contributed by atoms with Crippen LogP contribution in [0.15, 0.2) is 486 Å². The van der Waals surface area contributed by atoms with Gasteiger partial charge >= 0.3 is 0 Å². The normalized spacial score (nSPS) is 12.6. The standard InChI is InChI=1S/C48H30N2O.C45H30N2O.C40H24N2O/c1-4-14-31(15-5-1)33-26-34(32-16-6-2-7-17-32)28-36(27-33)50-45-30-44-41(37-20-10-12-22-43(37)49(44)35-18-8-3-9-19-35)29-42(45)39-24-25-40-38-21-11-13-23-46(38)51-48(40)47(39)50;1-45(2)37-17-9-6-14-29(37)30-21-20-28(24-38(30)45)47-41-26-40-35(31-15-7-10-18-39(31)46(40)27-12-4-3-5-13-27)25-36(41)33-22-23-34-32-16-8-11-19-42(32)48-44(34)43(33)47;1-2-12-27(13-3-1)41-35-16-8-6-14-29(35)33-23-34-31-20-21-32-30-15-7-9-17-38(30)43-40(32)39(31)42(37(34)24-36(33)41)28-19-18-25-10-4-5-11-26(25)22-28/h1-30H;3-26H,1-2H3;1-24H. The van der Waals surface area contributed by atoms with Gasteiger partial charge in [0.25, 0.3) is 0 Å². The van der Waals surface area contributed by atoms with Gasteiger partial charge in [-0.15, -0.1) is 0 Å². The molecule has 1 aliphatic carbocycles. The Morgan fingerprint density at radius 1 is 0.162 bits per heavy atom. The van der Waals surface area contributed by atoms with Gasteiger partial charge in [-0.2, -0.15) is 0 Å². The largest absolute Gasteiger partial charge is 0.454 e. The zero-order chi connectivity index (χ0) is 93.3. The van der Waals surface area contributed by atoms with E-state index in [9.17, 15) is 0 Å². The second-order valence-corrected chi connectivity index (χ2v) is 38.5. The first-order valence-electron chi connectivity index (χ1n) is 48.8. The highest BCUT2D eigenvalue weighted by Gasteiger charge is 2.37. The van der Waals surface area contributed by atoms with Crippen molar-refractivity contribution < 1.29 is 13.3 Å². The van der Waals surface area contributed by atoms with Crippen molar-refractivity contribution in [2.45, 2.75) is 19.3 Å². The van der Waals surface area contributed by atoms with Crippen molar-refractivity contribution >= 4 is 207 Å². The lowest BCUT2D eigenvalue weighted by Gasteiger charge is -2.22. The molecule has 0 amide bonds. The summed E-state index contributed by atoms with van der Waals surface area (Å²) in [5.74, 6) is 0. The van der Waals surface area contributed by atoms with Crippen LogP contribution in [0.25, 0.3) is 275 Å². The Bertz CT molecular complexity index is 10700. The molecule has 0 atom stereocenters. The van der Waals surface area contributed by atoms with E-state index in [0.717, 1.165) is 128 Å². The number of rotatable bonds is 8. The van der Waals surface area contributed by atoms with Gasteiger partial charge in [-0.25, -0.2) is 0 Å². The van der Waals surface area contributed by atoms with E-state index in [1.165, 1.54) is 159 Å². The molecule has 0 aliphatic heterocycles. The minimum Gasteiger partial charge on any atom is -0.454 e. The number of hydrogen-bond donors (Lipinski definition) is 0. The maximum Gasteiger partial charge on any atom is 0.160 e. The number of hydrogen-bond acceptors (Lipinski definition) is 3. The lowest BCUT2D eigenvalue weighted by Crippen LogP contribution is -2.15. The lowest BCUT2D eigenvalue weighted by molar-refractivity contribution is 0.660. The van der Waals surface area contributed by atoms with Crippen molar-refractivity contribution in [3.05, 3.63) is 484 Å². The molecule has 0 radical (unpaired) electrons. The first-order valence-corrected chi connectivity index (χ1v) is 48.8. The highest BCUT2D eigenvalue weighted by molar-refractivity contribution is 6.29. The smallest absolute Gasteiger partial charge is 0.160 e. The van der Waals surface area contributed by atoms with Crippen molar-refractivity contribution in [2.75, 3.05) is 0 Å². The third-order valence-electron chi connectivity index (χ3n) is 30.4. The molecular formula is C133H84N6O3. The van der Waals surface area contributed by atoms with E-state index in [1.54, 1.807) is 0 Å². The van der Waals surface area contributed by atoms with Gasteiger partial charge < -0.3 is 40.7 Å². The molecule has 0 saturated heterocycles. The van der Waals surface area contributed by atoms with E-state index in [1.807, 2.05) is 12.1 Å². The summed E-state index contributed by atoms with van der Waals surface area (Å²) in [4.78, 5) is 0. The third-order valence-corrected chi connectivity index (χ3v) is 30.4. The van der Waals surface area contributed by atoms with E-state index in [4.69, 9.17) is 13.3 Å². The maximum absolute atomic E-state index is 6.80. The first kappa shape index (κ1) is 79.5. The summed E-state index contributed by atoms with van der Waals surface area (Å²) >= 11 is 0. The third kappa shape index (κ3) is 11.8. The fourth-order valence-electron chi connectivity index (χ4n) is 24.1. The van der Waals surface area contributed by atoms with Crippen LogP contribution in [-0.4, -0.2) is 27.4 Å². The van der Waals surface area contributed by atoms with Gasteiger partial charge in [-0.3, -0.25) is 0 Å². The summed E-state index contributed by atoms with van der Waals surface area (Å²) in [6.07, 6.45) is 0. The van der Waals surface area contributed by atoms with Crippen molar-refractivity contribution in [3.8, 4) is 67.5 Å². The van der Waals surface area contributed by atoms with Crippen LogP contribution in [-0.2, 0) is 5.41 Å². The highest BCUT2D eigenvalue weighted by atomic mass is 16.3. The van der Waals surface area contributed by atoms with Crippen molar-refractivity contribution in [1.82, 2.24) is 27.4 Å². The molecule has 32 rings (SSSR count). The Hall–Kier alpha value is -18.7. The molecule has 22 aromatic carbocycles. The number of benzene rings is 22. The van der Waals surface area contributed by atoms with Crippen LogP contribution in [0, 0.1) is 0 Å².